The Balaban J connectivity index is 2.06. The summed E-state index contributed by atoms with van der Waals surface area (Å²) in [7, 11) is -3.20. The zero-order valence-corrected chi connectivity index (χ0v) is 11.9. The second-order valence-corrected chi connectivity index (χ2v) is 6.95. The maximum atomic E-state index is 11.7. The maximum absolute atomic E-state index is 11.7. The highest BCUT2D eigenvalue weighted by atomic mass is 32.2. The number of nitrogen functional groups attached to an aromatic ring is 1. The molecule has 1 aromatic rings. The van der Waals surface area contributed by atoms with Gasteiger partial charge in [-0.3, -0.25) is 0 Å². The summed E-state index contributed by atoms with van der Waals surface area (Å²) in [5, 5.41) is 3.21. The van der Waals surface area contributed by atoms with Gasteiger partial charge in [-0.15, -0.1) is 0 Å². The number of nitrogens with one attached hydrogen (secondary N) is 1. The van der Waals surface area contributed by atoms with Crippen LogP contribution < -0.4 is 11.1 Å². The van der Waals surface area contributed by atoms with Gasteiger partial charge in [-0.1, -0.05) is 6.92 Å². The van der Waals surface area contributed by atoms with Gasteiger partial charge >= 0.3 is 0 Å². The predicted molar refractivity (Wildman–Crippen MR) is 76.0 cm³/mol. The molecule has 0 amide bonds. The van der Waals surface area contributed by atoms with Crippen LogP contribution in [0.4, 0.5) is 11.4 Å². The van der Waals surface area contributed by atoms with Crippen molar-refractivity contribution < 1.29 is 13.2 Å². The molecule has 0 radical (unpaired) electrons. The van der Waals surface area contributed by atoms with Crippen molar-refractivity contribution in [3.05, 3.63) is 18.2 Å². The Morgan fingerprint density at radius 2 is 2.26 bits per heavy atom. The quantitative estimate of drug-likeness (QED) is 0.804. The van der Waals surface area contributed by atoms with Gasteiger partial charge in [0.1, 0.15) is 0 Å². The Hall–Kier alpha value is -1.27. The molecule has 0 spiro atoms. The Morgan fingerprint density at radius 3 is 2.84 bits per heavy atom. The van der Waals surface area contributed by atoms with Gasteiger partial charge in [0, 0.05) is 13.2 Å². The van der Waals surface area contributed by atoms with Crippen LogP contribution >= 0.6 is 0 Å². The van der Waals surface area contributed by atoms with Gasteiger partial charge in [0.2, 0.25) is 0 Å². The second-order valence-electron chi connectivity index (χ2n) is 4.67. The average molecular weight is 284 g/mol. The lowest BCUT2D eigenvalue weighted by Gasteiger charge is -2.14. The van der Waals surface area contributed by atoms with E-state index in [9.17, 15) is 8.42 Å². The number of sulfone groups is 1. The molecule has 1 unspecified atom stereocenters. The minimum atomic E-state index is -3.20. The smallest absolute Gasteiger partial charge is 0.178 e. The molecule has 1 aromatic carbocycles. The van der Waals surface area contributed by atoms with E-state index in [0.717, 1.165) is 25.1 Å². The maximum Gasteiger partial charge on any atom is 0.178 e. The number of hydrogen-bond donors (Lipinski definition) is 2. The highest BCUT2D eigenvalue weighted by Crippen LogP contribution is 2.24. The molecule has 19 heavy (non-hydrogen) atoms. The lowest BCUT2D eigenvalue weighted by molar-refractivity contribution is 0.120. The summed E-state index contributed by atoms with van der Waals surface area (Å²) >= 11 is 0. The third kappa shape index (κ3) is 3.39. The molecule has 1 fully saturated rings. The van der Waals surface area contributed by atoms with E-state index in [2.05, 4.69) is 5.32 Å². The van der Waals surface area contributed by atoms with Gasteiger partial charge in [0.15, 0.2) is 9.84 Å². The Morgan fingerprint density at radius 1 is 1.47 bits per heavy atom. The first-order valence-electron chi connectivity index (χ1n) is 6.50. The summed E-state index contributed by atoms with van der Waals surface area (Å²) in [6.07, 6.45) is 2.36. The van der Waals surface area contributed by atoms with E-state index in [0.29, 0.717) is 12.2 Å². The number of benzene rings is 1. The molecule has 106 valence electrons. The van der Waals surface area contributed by atoms with Crippen molar-refractivity contribution in [2.75, 3.05) is 30.0 Å². The summed E-state index contributed by atoms with van der Waals surface area (Å²) in [6.45, 7) is 3.13. The van der Waals surface area contributed by atoms with Crippen LogP contribution in [0, 0.1) is 0 Å². The molecule has 3 N–H and O–H groups in total. The van der Waals surface area contributed by atoms with Gasteiger partial charge < -0.3 is 15.8 Å². The fourth-order valence-electron chi connectivity index (χ4n) is 2.09. The van der Waals surface area contributed by atoms with Gasteiger partial charge in [-0.25, -0.2) is 8.42 Å². The van der Waals surface area contributed by atoms with Gasteiger partial charge in [-0.2, -0.15) is 0 Å². The van der Waals surface area contributed by atoms with E-state index < -0.39 is 9.84 Å². The Kier molecular flexibility index (Phi) is 4.31. The van der Waals surface area contributed by atoms with Crippen molar-refractivity contribution in [1.82, 2.24) is 0 Å². The summed E-state index contributed by atoms with van der Waals surface area (Å²) in [5.74, 6) is 0.0785. The molecular weight excluding hydrogens is 264 g/mol. The molecule has 1 saturated heterocycles. The molecule has 0 saturated carbocycles. The molecule has 6 heteroatoms. The van der Waals surface area contributed by atoms with Crippen LogP contribution in [0.15, 0.2) is 23.1 Å². The van der Waals surface area contributed by atoms with Crippen LogP contribution in [0.3, 0.4) is 0 Å². The lowest BCUT2D eigenvalue weighted by atomic mass is 10.2. The summed E-state index contributed by atoms with van der Waals surface area (Å²) < 4.78 is 29.0. The third-order valence-electron chi connectivity index (χ3n) is 3.31. The molecular formula is C13H20N2O3S. The van der Waals surface area contributed by atoms with Crippen LogP contribution in [0.2, 0.25) is 0 Å². The van der Waals surface area contributed by atoms with E-state index >= 15 is 0 Å². The zero-order valence-electron chi connectivity index (χ0n) is 11.1. The SMILES string of the molecule is CCS(=O)(=O)c1ccc(NCC2CCCO2)c(N)c1. The minimum absolute atomic E-state index is 0.0785. The molecule has 5 nitrogen and oxygen atoms in total. The number of hydrogen-bond acceptors (Lipinski definition) is 5. The van der Waals surface area contributed by atoms with Crippen molar-refractivity contribution >= 4 is 21.2 Å². The second kappa shape index (κ2) is 5.79. The van der Waals surface area contributed by atoms with Crippen LogP contribution in [-0.4, -0.2) is 33.4 Å². The van der Waals surface area contributed by atoms with Crippen molar-refractivity contribution in [2.24, 2.45) is 0 Å². The van der Waals surface area contributed by atoms with E-state index in [1.807, 2.05) is 0 Å². The van der Waals surface area contributed by atoms with Crippen LogP contribution in [0.5, 0.6) is 0 Å². The number of rotatable bonds is 5. The van der Waals surface area contributed by atoms with Crippen LogP contribution in [0.1, 0.15) is 19.8 Å². The summed E-state index contributed by atoms with van der Waals surface area (Å²) in [6, 6.07) is 4.82. The fraction of sp³-hybridized carbons (Fsp3) is 0.538. The highest BCUT2D eigenvalue weighted by Gasteiger charge is 2.16. The molecule has 2 rings (SSSR count). The van der Waals surface area contributed by atoms with Gasteiger partial charge in [0.25, 0.3) is 0 Å². The first kappa shape index (κ1) is 14.1. The van der Waals surface area contributed by atoms with Crippen molar-refractivity contribution in [3.63, 3.8) is 0 Å². The largest absolute Gasteiger partial charge is 0.397 e. The number of anilines is 2. The van der Waals surface area contributed by atoms with Crippen LogP contribution in [-0.2, 0) is 14.6 Å². The first-order chi connectivity index (χ1) is 9.03. The zero-order chi connectivity index (χ0) is 13.9. The first-order valence-corrected chi connectivity index (χ1v) is 8.16. The van der Waals surface area contributed by atoms with E-state index in [-0.39, 0.29) is 16.8 Å². The van der Waals surface area contributed by atoms with Gasteiger partial charge in [0.05, 0.1) is 28.1 Å². The van der Waals surface area contributed by atoms with E-state index in [4.69, 9.17) is 10.5 Å². The predicted octanol–water partition coefficient (Wildman–Crippen LogP) is 1.65. The number of nitrogens with two attached hydrogens (primary N) is 1. The lowest BCUT2D eigenvalue weighted by Crippen LogP contribution is -2.19. The normalized spacial score (nSPS) is 19.5. The standard InChI is InChI=1S/C13H20N2O3S/c1-2-19(16,17)11-5-6-13(12(14)8-11)15-9-10-4-3-7-18-10/h5-6,8,10,15H,2-4,7,9,14H2,1H3. The molecule has 0 aromatic heterocycles. The topological polar surface area (TPSA) is 81.4 Å². The molecule has 1 aliphatic heterocycles. The molecule has 1 heterocycles. The van der Waals surface area contributed by atoms with Crippen LogP contribution in [0.25, 0.3) is 0 Å². The van der Waals surface area contributed by atoms with Gasteiger partial charge in [-0.05, 0) is 31.0 Å². The summed E-state index contributed by atoms with van der Waals surface area (Å²) in [4.78, 5) is 0.273. The summed E-state index contributed by atoms with van der Waals surface area (Å²) in [5.41, 5.74) is 7.10. The van der Waals surface area contributed by atoms with Crippen molar-refractivity contribution in [2.45, 2.75) is 30.8 Å². The van der Waals surface area contributed by atoms with E-state index in [1.54, 1.807) is 19.1 Å². The Bertz CT molecular complexity index is 537. The third-order valence-corrected chi connectivity index (χ3v) is 5.04. The van der Waals surface area contributed by atoms with E-state index in [1.165, 1.54) is 6.07 Å². The number of ether oxygens (including phenoxy) is 1. The molecule has 0 bridgehead atoms. The van der Waals surface area contributed by atoms with Crippen molar-refractivity contribution in [3.8, 4) is 0 Å². The Labute approximate surface area is 114 Å². The monoisotopic (exact) mass is 284 g/mol. The molecule has 1 atom stereocenters. The molecule has 1 aliphatic rings. The average Bonchev–Trinajstić information content (AvgIpc) is 2.90. The van der Waals surface area contributed by atoms with Crippen molar-refractivity contribution in [1.29, 1.82) is 0 Å². The molecule has 0 aliphatic carbocycles. The fourth-order valence-corrected chi connectivity index (χ4v) is 3.01. The highest BCUT2D eigenvalue weighted by molar-refractivity contribution is 7.91. The minimum Gasteiger partial charge on any atom is -0.397 e.